The van der Waals surface area contributed by atoms with Gasteiger partial charge in [0.05, 0.1) is 5.69 Å². The van der Waals surface area contributed by atoms with E-state index in [-0.39, 0.29) is 0 Å². The molecule has 0 radical (unpaired) electrons. The minimum Gasteiger partial charge on any atom is -0.481 e. The van der Waals surface area contributed by atoms with Crippen molar-refractivity contribution in [2.24, 2.45) is 0 Å². The summed E-state index contributed by atoms with van der Waals surface area (Å²) < 4.78 is 47.4. The van der Waals surface area contributed by atoms with E-state index in [1.54, 1.807) is 0 Å². The highest BCUT2D eigenvalue weighted by molar-refractivity contribution is 6.50. The van der Waals surface area contributed by atoms with Gasteiger partial charge in [-0.2, -0.15) is 4.57 Å². The predicted molar refractivity (Wildman–Crippen MR) is 112 cm³/mol. The molecule has 0 amide bonds. The molecule has 0 fully saturated rings. The number of ether oxygens (including phenoxy) is 1. The Balaban J connectivity index is 0.000000575. The first-order valence-electron chi connectivity index (χ1n) is 9.68. The second-order valence-corrected chi connectivity index (χ2v) is 6.55. The summed E-state index contributed by atoms with van der Waals surface area (Å²) in [4.78, 5) is 0. The topological polar surface area (TPSA) is 25.1 Å². The molecule has 0 unspecified atom stereocenters. The van der Waals surface area contributed by atoms with Gasteiger partial charge in [0.25, 0.3) is 0 Å². The van der Waals surface area contributed by atoms with Crippen molar-refractivity contribution in [2.75, 3.05) is 11.9 Å². The van der Waals surface area contributed by atoms with E-state index in [9.17, 15) is 17.3 Å². The lowest BCUT2D eigenvalue weighted by Gasteiger charge is -2.14. The van der Waals surface area contributed by atoms with Crippen molar-refractivity contribution < 1.29 is 26.6 Å². The molecule has 30 heavy (non-hydrogen) atoms. The van der Waals surface area contributed by atoms with Crippen LogP contribution in [0, 0.1) is 6.92 Å². The average Bonchev–Trinajstić information content (AvgIpc) is 2.72. The van der Waals surface area contributed by atoms with Gasteiger partial charge >= 0.3 is 7.25 Å². The third-order valence-electron chi connectivity index (χ3n) is 4.15. The summed E-state index contributed by atoms with van der Waals surface area (Å²) in [7, 11) is -6.00. The SMILES string of the molecule is CCCNc1cc[n+](-c2ccccc2)c(C)c1OCc1ccccc1.F[B-](F)(F)F. The molecule has 2 aromatic carbocycles. The van der Waals surface area contributed by atoms with Crippen molar-refractivity contribution in [1.29, 1.82) is 0 Å². The van der Waals surface area contributed by atoms with Gasteiger partial charge in [-0.05, 0) is 12.0 Å². The Kier molecular flexibility index (Phi) is 8.71. The normalized spacial score (nSPS) is 10.7. The summed E-state index contributed by atoms with van der Waals surface area (Å²) in [5.41, 5.74) is 4.43. The molecule has 1 heterocycles. The maximum atomic E-state index is 9.75. The van der Waals surface area contributed by atoms with E-state index < -0.39 is 7.25 Å². The fourth-order valence-electron chi connectivity index (χ4n) is 2.82. The van der Waals surface area contributed by atoms with E-state index in [0.717, 1.165) is 35.8 Å². The first kappa shape index (κ1) is 23.3. The van der Waals surface area contributed by atoms with Crippen LogP contribution in [0.25, 0.3) is 5.69 Å². The fourth-order valence-corrected chi connectivity index (χ4v) is 2.82. The molecule has 0 saturated heterocycles. The lowest BCUT2D eigenvalue weighted by atomic mass is 10.2. The van der Waals surface area contributed by atoms with Crippen molar-refractivity contribution in [3.8, 4) is 11.4 Å². The van der Waals surface area contributed by atoms with Crippen LogP contribution in [0.4, 0.5) is 23.0 Å². The molecule has 0 aliphatic rings. The highest BCUT2D eigenvalue weighted by Crippen LogP contribution is 2.28. The Bertz CT molecular complexity index is 900. The largest absolute Gasteiger partial charge is 0.673 e. The minimum absolute atomic E-state index is 0.557. The Morgan fingerprint density at radius 1 is 0.900 bits per heavy atom. The number of halogens is 4. The van der Waals surface area contributed by atoms with Crippen LogP contribution in [-0.2, 0) is 6.61 Å². The van der Waals surface area contributed by atoms with Crippen LogP contribution in [0.3, 0.4) is 0 Å². The van der Waals surface area contributed by atoms with Crippen LogP contribution < -0.4 is 14.6 Å². The lowest BCUT2D eigenvalue weighted by Crippen LogP contribution is -2.34. The van der Waals surface area contributed by atoms with Gasteiger partial charge in [0.2, 0.25) is 17.1 Å². The summed E-state index contributed by atoms with van der Waals surface area (Å²) in [6.45, 7) is 5.75. The van der Waals surface area contributed by atoms with Crippen molar-refractivity contribution in [3.63, 3.8) is 0 Å². The number of hydrogen-bond donors (Lipinski definition) is 1. The number of rotatable bonds is 7. The highest BCUT2D eigenvalue weighted by Gasteiger charge is 2.21. The van der Waals surface area contributed by atoms with Gasteiger partial charge in [0.1, 0.15) is 6.61 Å². The molecule has 1 aromatic heterocycles. The molecule has 3 rings (SSSR count). The van der Waals surface area contributed by atoms with Gasteiger partial charge in [0, 0.05) is 31.7 Å². The molecule has 0 saturated carbocycles. The number of para-hydroxylation sites is 1. The first-order valence-corrected chi connectivity index (χ1v) is 9.68. The van der Waals surface area contributed by atoms with E-state index in [1.165, 1.54) is 5.56 Å². The lowest BCUT2D eigenvalue weighted by molar-refractivity contribution is -0.603. The van der Waals surface area contributed by atoms with Crippen LogP contribution in [0.2, 0.25) is 0 Å². The number of aromatic nitrogens is 1. The summed E-state index contributed by atoms with van der Waals surface area (Å²) >= 11 is 0. The third-order valence-corrected chi connectivity index (χ3v) is 4.15. The number of anilines is 1. The summed E-state index contributed by atoms with van der Waals surface area (Å²) in [5, 5.41) is 3.48. The predicted octanol–water partition coefficient (Wildman–Crippen LogP) is 5.97. The standard InChI is InChI=1S/C22H24N2O.BF4/c1-3-15-23-21-14-16-24(20-12-8-5-9-13-20)18(2)22(21)25-17-19-10-6-4-7-11-19;2-1(3,4)5/h4-14,16H,3,15,17H2,1-2H3;/q;-1/p+1. The molecule has 160 valence electrons. The second-order valence-electron chi connectivity index (χ2n) is 6.55. The molecule has 8 heteroatoms. The van der Waals surface area contributed by atoms with Gasteiger partial charge in [-0.1, -0.05) is 55.5 Å². The molecule has 1 N–H and O–H groups in total. The Morgan fingerprint density at radius 2 is 1.47 bits per heavy atom. The average molecular weight is 420 g/mol. The molecular weight excluding hydrogens is 395 g/mol. The van der Waals surface area contributed by atoms with Crippen molar-refractivity contribution >= 4 is 12.9 Å². The van der Waals surface area contributed by atoms with Crippen LogP contribution >= 0.6 is 0 Å². The monoisotopic (exact) mass is 420 g/mol. The molecule has 0 spiro atoms. The molecule has 3 nitrogen and oxygen atoms in total. The van der Waals surface area contributed by atoms with E-state index in [2.05, 4.69) is 72.4 Å². The van der Waals surface area contributed by atoms with Gasteiger partial charge in [0.15, 0.2) is 6.20 Å². The van der Waals surface area contributed by atoms with Crippen LogP contribution in [-0.4, -0.2) is 13.8 Å². The van der Waals surface area contributed by atoms with E-state index >= 15 is 0 Å². The zero-order chi connectivity index (χ0) is 22.0. The van der Waals surface area contributed by atoms with Crippen LogP contribution in [0.15, 0.2) is 72.9 Å². The van der Waals surface area contributed by atoms with Crippen LogP contribution in [0.1, 0.15) is 24.6 Å². The maximum Gasteiger partial charge on any atom is 0.673 e. The maximum absolute atomic E-state index is 9.75. The molecular formula is C22H25BF4N2O. The first-order chi connectivity index (χ1) is 14.3. The molecule has 0 bridgehead atoms. The van der Waals surface area contributed by atoms with Gasteiger partial charge in [-0.3, -0.25) is 0 Å². The Labute approximate surface area is 174 Å². The van der Waals surface area contributed by atoms with Gasteiger partial charge in [-0.25, -0.2) is 0 Å². The number of nitrogens with zero attached hydrogens (tertiary/aromatic N) is 1. The zero-order valence-electron chi connectivity index (χ0n) is 17.0. The minimum atomic E-state index is -6.00. The Hall–Kier alpha value is -3.03. The summed E-state index contributed by atoms with van der Waals surface area (Å²) in [6.07, 6.45) is 3.17. The Morgan fingerprint density at radius 3 is 2.03 bits per heavy atom. The summed E-state index contributed by atoms with van der Waals surface area (Å²) in [6, 6.07) is 22.7. The molecule has 0 aliphatic heterocycles. The number of benzene rings is 2. The molecule has 0 atom stereocenters. The van der Waals surface area contributed by atoms with Crippen molar-refractivity contribution in [3.05, 3.63) is 84.2 Å². The van der Waals surface area contributed by atoms with Crippen molar-refractivity contribution in [1.82, 2.24) is 0 Å². The smallest absolute Gasteiger partial charge is 0.481 e. The van der Waals surface area contributed by atoms with Crippen molar-refractivity contribution in [2.45, 2.75) is 26.9 Å². The van der Waals surface area contributed by atoms with Crippen LogP contribution in [0.5, 0.6) is 5.75 Å². The molecule has 3 aromatic rings. The van der Waals surface area contributed by atoms with E-state index in [0.29, 0.717) is 6.61 Å². The quantitative estimate of drug-likeness (QED) is 0.289. The van der Waals surface area contributed by atoms with Gasteiger partial charge in [-0.15, -0.1) is 0 Å². The van der Waals surface area contributed by atoms with Gasteiger partial charge < -0.3 is 27.3 Å². The molecule has 0 aliphatic carbocycles. The summed E-state index contributed by atoms with van der Waals surface area (Å²) in [5.74, 6) is 0.906. The van der Waals surface area contributed by atoms with E-state index in [4.69, 9.17) is 4.74 Å². The highest BCUT2D eigenvalue weighted by atomic mass is 19.5. The van der Waals surface area contributed by atoms with E-state index in [1.807, 2.05) is 24.3 Å². The number of nitrogens with one attached hydrogen (secondary N) is 1. The zero-order valence-corrected chi connectivity index (χ0v) is 17.0. The second kappa shape index (κ2) is 11.2. The number of hydrogen-bond acceptors (Lipinski definition) is 2. The third kappa shape index (κ3) is 7.77. The fraction of sp³-hybridized carbons (Fsp3) is 0.227. The number of pyridine rings is 1.